The van der Waals surface area contributed by atoms with Gasteiger partial charge in [0.05, 0.1) is 6.42 Å². The van der Waals surface area contributed by atoms with Crippen LogP contribution in [0.3, 0.4) is 0 Å². The van der Waals surface area contributed by atoms with Crippen molar-refractivity contribution in [1.82, 2.24) is 9.03 Å². The number of aliphatic hydroxyl groups excluding tert-OH is 1. The molecular formula is C10H20N2O5S. The molecule has 1 fully saturated rings. The smallest absolute Gasteiger partial charge is 0.304 e. The molecule has 1 saturated carbocycles. The van der Waals surface area contributed by atoms with E-state index in [1.807, 2.05) is 0 Å². The molecule has 8 heteroatoms. The second kappa shape index (κ2) is 5.96. The summed E-state index contributed by atoms with van der Waals surface area (Å²) in [5, 5.41) is 17.4. The average molecular weight is 280 g/mol. The van der Waals surface area contributed by atoms with Gasteiger partial charge in [0.25, 0.3) is 10.2 Å². The molecule has 3 N–H and O–H groups in total. The molecule has 0 spiro atoms. The van der Waals surface area contributed by atoms with E-state index in [1.54, 1.807) is 0 Å². The van der Waals surface area contributed by atoms with Crippen molar-refractivity contribution >= 4 is 16.2 Å². The normalized spacial score (nSPS) is 17.9. The molecule has 0 unspecified atom stereocenters. The van der Waals surface area contributed by atoms with Crippen molar-refractivity contribution in [3.63, 3.8) is 0 Å². The van der Waals surface area contributed by atoms with Crippen LogP contribution in [-0.4, -0.2) is 55.6 Å². The van der Waals surface area contributed by atoms with Crippen LogP contribution in [0.15, 0.2) is 0 Å². The van der Waals surface area contributed by atoms with E-state index in [9.17, 15) is 13.2 Å². The number of hydrogen-bond acceptors (Lipinski definition) is 4. The summed E-state index contributed by atoms with van der Waals surface area (Å²) in [4.78, 5) is 10.4. The van der Waals surface area contributed by atoms with E-state index < -0.39 is 16.2 Å². The molecule has 0 amide bonds. The Morgan fingerprint density at radius 3 is 2.50 bits per heavy atom. The van der Waals surface area contributed by atoms with Crippen LogP contribution in [0, 0.1) is 5.41 Å². The lowest BCUT2D eigenvalue weighted by atomic mass is 10.0. The second-order valence-electron chi connectivity index (χ2n) is 4.77. The van der Waals surface area contributed by atoms with Gasteiger partial charge in [0, 0.05) is 26.7 Å². The summed E-state index contributed by atoms with van der Waals surface area (Å²) in [5.74, 6) is -1.03. The molecule has 0 aromatic heterocycles. The van der Waals surface area contributed by atoms with Crippen molar-refractivity contribution in [3.05, 3.63) is 0 Å². The van der Waals surface area contributed by atoms with E-state index in [-0.39, 0.29) is 25.0 Å². The minimum absolute atomic E-state index is 0.0522. The van der Waals surface area contributed by atoms with Gasteiger partial charge in [-0.3, -0.25) is 4.79 Å². The molecule has 7 nitrogen and oxygen atoms in total. The van der Waals surface area contributed by atoms with Crippen LogP contribution < -0.4 is 4.72 Å². The van der Waals surface area contributed by atoms with Crippen molar-refractivity contribution in [2.45, 2.75) is 25.7 Å². The third kappa shape index (κ3) is 4.52. The van der Waals surface area contributed by atoms with E-state index in [0.717, 1.165) is 17.1 Å². The van der Waals surface area contributed by atoms with E-state index in [1.165, 1.54) is 7.05 Å². The monoisotopic (exact) mass is 280 g/mol. The number of nitrogens with zero attached hydrogens (tertiary/aromatic N) is 1. The summed E-state index contributed by atoms with van der Waals surface area (Å²) in [6.07, 6.45) is 2.19. The van der Waals surface area contributed by atoms with Crippen molar-refractivity contribution < 1.29 is 23.4 Å². The Labute approximate surface area is 107 Å². The Morgan fingerprint density at radius 2 is 2.06 bits per heavy atom. The maximum atomic E-state index is 11.8. The number of carboxylic acids is 1. The zero-order chi connectivity index (χ0) is 13.8. The van der Waals surface area contributed by atoms with Gasteiger partial charge in [0.1, 0.15) is 0 Å². The standard InChI is InChI=1S/C10H20N2O5S/c1-12(6-2-9(14)15)18(16,17)11-8-10(3-4-10)5-7-13/h11,13H,2-8H2,1H3,(H,14,15). The fourth-order valence-electron chi connectivity index (χ4n) is 1.66. The first-order valence-electron chi connectivity index (χ1n) is 5.85. The van der Waals surface area contributed by atoms with Gasteiger partial charge in [-0.25, -0.2) is 4.72 Å². The summed E-state index contributed by atoms with van der Waals surface area (Å²) < 4.78 is 27.0. The lowest BCUT2D eigenvalue weighted by Gasteiger charge is -2.20. The lowest BCUT2D eigenvalue weighted by Crippen LogP contribution is -2.41. The number of nitrogens with one attached hydrogen (secondary N) is 1. The molecule has 1 aliphatic carbocycles. The molecule has 0 heterocycles. The average Bonchev–Trinajstić information content (AvgIpc) is 3.04. The summed E-state index contributed by atoms with van der Waals surface area (Å²) in [6, 6.07) is 0. The van der Waals surface area contributed by atoms with Crippen molar-refractivity contribution in [2.75, 3.05) is 26.7 Å². The zero-order valence-electron chi connectivity index (χ0n) is 10.4. The fourth-order valence-corrected chi connectivity index (χ4v) is 2.70. The maximum Gasteiger partial charge on any atom is 0.304 e. The molecule has 0 atom stereocenters. The SMILES string of the molecule is CN(CCC(=O)O)S(=O)(=O)NCC1(CCO)CC1. The number of aliphatic carboxylic acids is 1. The van der Waals surface area contributed by atoms with Crippen LogP contribution in [0.5, 0.6) is 0 Å². The van der Waals surface area contributed by atoms with Crippen LogP contribution in [0.1, 0.15) is 25.7 Å². The number of rotatable bonds is 9. The van der Waals surface area contributed by atoms with Gasteiger partial charge in [-0.05, 0) is 24.7 Å². The second-order valence-corrected chi connectivity index (χ2v) is 6.63. The quantitative estimate of drug-likeness (QED) is 0.522. The molecule has 0 bridgehead atoms. The number of aliphatic hydroxyl groups is 1. The van der Waals surface area contributed by atoms with E-state index in [0.29, 0.717) is 13.0 Å². The van der Waals surface area contributed by atoms with Crippen molar-refractivity contribution in [2.24, 2.45) is 5.41 Å². The highest BCUT2D eigenvalue weighted by Crippen LogP contribution is 2.48. The summed E-state index contributed by atoms with van der Waals surface area (Å²) in [5.41, 5.74) is -0.102. The Balaban J connectivity index is 2.41. The van der Waals surface area contributed by atoms with Crippen LogP contribution in [-0.2, 0) is 15.0 Å². The third-order valence-electron chi connectivity index (χ3n) is 3.28. The van der Waals surface area contributed by atoms with Gasteiger partial charge in [0.2, 0.25) is 0 Å². The summed E-state index contributed by atoms with van der Waals surface area (Å²) >= 11 is 0. The Morgan fingerprint density at radius 1 is 1.44 bits per heavy atom. The largest absolute Gasteiger partial charge is 0.481 e. The van der Waals surface area contributed by atoms with Crippen LogP contribution >= 0.6 is 0 Å². The Kier molecular flexibility index (Phi) is 5.09. The van der Waals surface area contributed by atoms with Crippen LogP contribution in [0.2, 0.25) is 0 Å². The molecule has 0 aliphatic heterocycles. The summed E-state index contributed by atoms with van der Waals surface area (Å²) in [7, 11) is -2.28. The Hall–Kier alpha value is -0.700. The molecule has 18 heavy (non-hydrogen) atoms. The van der Waals surface area contributed by atoms with Gasteiger partial charge in [-0.15, -0.1) is 0 Å². The van der Waals surface area contributed by atoms with Crippen molar-refractivity contribution in [1.29, 1.82) is 0 Å². The third-order valence-corrected chi connectivity index (χ3v) is 4.79. The minimum atomic E-state index is -3.63. The number of hydrogen-bond donors (Lipinski definition) is 3. The molecule has 106 valence electrons. The van der Waals surface area contributed by atoms with Gasteiger partial charge in [-0.2, -0.15) is 12.7 Å². The van der Waals surface area contributed by atoms with Crippen molar-refractivity contribution in [3.8, 4) is 0 Å². The molecular weight excluding hydrogens is 260 g/mol. The van der Waals surface area contributed by atoms with Gasteiger partial charge >= 0.3 is 5.97 Å². The van der Waals surface area contributed by atoms with E-state index in [4.69, 9.17) is 10.2 Å². The minimum Gasteiger partial charge on any atom is -0.481 e. The zero-order valence-corrected chi connectivity index (χ0v) is 11.2. The fraction of sp³-hybridized carbons (Fsp3) is 0.900. The highest BCUT2D eigenvalue weighted by molar-refractivity contribution is 7.87. The number of carboxylic acid groups (broad SMARTS) is 1. The lowest BCUT2D eigenvalue weighted by molar-refractivity contribution is -0.137. The van der Waals surface area contributed by atoms with E-state index in [2.05, 4.69) is 4.72 Å². The Bertz CT molecular complexity index is 391. The predicted molar refractivity (Wildman–Crippen MR) is 65.2 cm³/mol. The first-order chi connectivity index (χ1) is 8.31. The molecule has 0 aromatic carbocycles. The topological polar surface area (TPSA) is 107 Å². The van der Waals surface area contributed by atoms with Crippen LogP contribution in [0.25, 0.3) is 0 Å². The first kappa shape index (κ1) is 15.4. The first-order valence-corrected chi connectivity index (χ1v) is 7.29. The molecule has 0 radical (unpaired) electrons. The van der Waals surface area contributed by atoms with Crippen LogP contribution in [0.4, 0.5) is 0 Å². The van der Waals surface area contributed by atoms with Gasteiger partial charge in [0.15, 0.2) is 0 Å². The molecule has 1 rings (SSSR count). The molecule has 0 saturated heterocycles. The maximum absolute atomic E-state index is 11.8. The van der Waals surface area contributed by atoms with Gasteiger partial charge < -0.3 is 10.2 Å². The predicted octanol–water partition coefficient (Wildman–Crippen LogP) is -0.610. The van der Waals surface area contributed by atoms with E-state index >= 15 is 0 Å². The highest BCUT2D eigenvalue weighted by atomic mass is 32.2. The highest BCUT2D eigenvalue weighted by Gasteiger charge is 2.42. The molecule has 0 aromatic rings. The number of carbonyl (C=O) groups is 1. The molecule has 1 aliphatic rings. The van der Waals surface area contributed by atoms with Gasteiger partial charge in [-0.1, -0.05) is 0 Å². The summed E-state index contributed by atoms with van der Waals surface area (Å²) in [6.45, 7) is 0.293.